The van der Waals surface area contributed by atoms with Crippen LogP contribution in [0.4, 0.5) is 0 Å². The smallest absolute Gasteiger partial charge is 0.141 e. The van der Waals surface area contributed by atoms with Gasteiger partial charge in [-0.2, -0.15) is 0 Å². The lowest BCUT2D eigenvalue weighted by molar-refractivity contribution is 0.299. The second-order valence-corrected chi connectivity index (χ2v) is 3.54. The van der Waals surface area contributed by atoms with E-state index in [1.165, 1.54) is 12.8 Å². The molecule has 0 atom stereocenters. The third kappa shape index (κ3) is 2.22. The fraction of sp³-hybridized carbons (Fsp3) is 0.400. The van der Waals surface area contributed by atoms with Gasteiger partial charge >= 0.3 is 0 Å². The monoisotopic (exact) mass is 191 g/mol. The summed E-state index contributed by atoms with van der Waals surface area (Å²) in [5.41, 5.74) is 5.79. The zero-order chi connectivity index (χ0) is 9.97. The number of rotatable bonds is 4. The minimum atomic E-state index is -0.0260. The first kappa shape index (κ1) is 8.99. The number of nitrogens with zero attached hydrogens (tertiary/aromatic N) is 1. The maximum atomic E-state index is 7.22. The molecule has 0 spiro atoms. The average Bonchev–Trinajstić information content (AvgIpc) is 2.99. The van der Waals surface area contributed by atoms with Crippen LogP contribution >= 0.6 is 0 Å². The standard InChI is InChI=1S/C10H13N3O/c11-10(12)9-5-8(3-4-13-9)14-6-7-1-2-7/h3-5,7H,1-2,6H2,(H3,11,12). The fourth-order valence-electron chi connectivity index (χ4n) is 1.15. The summed E-state index contributed by atoms with van der Waals surface area (Å²) in [5, 5.41) is 7.22. The second-order valence-electron chi connectivity index (χ2n) is 3.54. The summed E-state index contributed by atoms with van der Waals surface area (Å²) in [6.45, 7) is 0.765. The summed E-state index contributed by atoms with van der Waals surface area (Å²) in [7, 11) is 0. The summed E-state index contributed by atoms with van der Waals surface area (Å²) in [5.74, 6) is 1.45. The Kier molecular flexibility index (Phi) is 2.35. The molecule has 1 saturated carbocycles. The van der Waals surface area contributed by atoms with Crippen molar-refractivity contribution in [2.75, 3.05) is 6.61 Å². The van der Waals surface area contributed by atoms with Gasteiger partial charge in [0, 0.05) is 12.3 Å². The van der Waals surface area contributed by atoms with Crippen molar-refractivity contribution in [1.82, 2.24) is 4.98 Å². The van der Waals surface area contributed by atoms with Crippen LogP contribution in [0.5, 0.6) is 5.75 Å². The molecule has 4 nitrogen and oxygen atoms in total. The zero-order valence-corrected chi connectivity index (χ0v) is 7.86. The Morgan fingerprint density at radius 2 is 2.43 bits per heavy atom. The van der Waals surface area contributed by atoms with Gasteiger partial charge in [-0.25, -0.2) is 0 Å². The van der Waals surface area contributed by atoms with E-state index in [0.29, 0.717) is 5.69 Å². The molecule has 0 radical (unpaired) electrons. The first-order valence-corrected chi connectivity index (χ1v) is 4.69. The third-order valence-corrected chi connectivity index (χ3v) is 2.19. The van der Waals surface area contributed by atoms with Crippen molar-refractivity contribution in [3.05, 3.63) is 24.0 Å². The molecule has 14 heavy (non-hydrogen) atoms. The predicted molar refractivity (Wildman–Crippen MR) is 53.5 cm³/mol. The van der Waals surface area contributed by atoms with Crippen LogP contribution < -0.4 is 10.5 Å². The van der Waals surface area contributed by atoms with Gasteiger partial charge in [0.05, 0.1) is 6.61 Å². The Bertz CT molecular complexity index is 347. The number of nitrogen functional groups attached to an aromatic ring is 1. The van der Waals surface area contributed by atoms with E-state index in [4.69, 9.17) is 15.9 Å². The van der Waals surface area contributed by atoms with Crippen LogP contribution in [0, 0.1) is 11.3 Å². The molecule has 1 aliphatic rings. The molecule has 74 valence electrons. The largest absolute Gasteiger partial charge is 0.493 e. The van der Waals surface area contributed by atoms with Crippen molar-refractivity contribution in [2.45, 2.75) is 12.8 Å². The van der Waals surface area contributed by atoms with Gasteiger partial charge in [0.2, 0.25) is 0 Å². The molecular formula is C10H13N3O. The van der Waals surface area contributed by atoms with Gasteiger partial charge in [0.1, 0.15) is 17.3 Å². The maximum Gasteiger partial charge on any atom is 0.141 e. The highest BCUT2D eigenvalue weighted by molar-refractivity contribution is 5.93. The van der Waals surface area contributed by atoms with E-state index in [1.54, 1.807) is 18.3 Å². The minimum Gasteiger partial charge on any atom is -0.493 e. The molecule has 2 rings (SSSR count). The molecule has 0 aromatic carbocycles. The Hall–Kier alpha value is -1.58. The number of nitrogens with one attached hydrogen (secondary N) is 1. The van der Waals surface area contributed by atoms with Crippen molar-refractivity contribution < 1.29 is 4.74 Å². The van der Waals surface area contributed by atoms with Crippen LogP contribution in [0.3, 0.4) is 0 Å². The summed E-state index contributed by atoms with van der Waals surface area (Å²) in [6.07, 6.45) is 4.15. The second kappa shape index (κ2) is 3.65. The van der Waals surface area contributed by atoms with E-state index in [2.05, 4.69) is 4.98 Å². The lowest BCUT2D eigenvalue weighted by Crippen LogP contribution is -2.13. The summed E-state index contributed by atoms with van der Waals surface area (Å²) < 4.78 is 5.53. The minimum absolute atomic E-state index is 0.0260. The van der Waals surface area contributed by atoms with E-state index in [-0.39, 0.29) is 5.84 Å². The Labute approximate surface area is 82.6 Å². The molecule has 0 bridgehead atoms. The van der Waals surface area contributed by atoms with Crippen LogP contribution in [0.2, 0.25) is 0 Å². The van der Waals surface area contributed by atoms with Crippen molar-refractivity contribution in [1.29, 1.82) is 5.41 Å². The van der Waals surface area contributed by atoms with Gasteiger partial charge in [-0.3, -0.25) is 10.4 Å². The maximum absolute atomic E-state index is 7.22. The van der Waals surface area contributed by atoms with E-state index in [1.807, 2.05) is 0 Å². The lowest BCUT2D eigenvalue weighted by atomic mass is 10.3. The molecular weight excluding hydrogens is 178 g/mol. The first-order chi connectivity index (χ1) is 6.75. The van der Waals surface area contributed by atoms with Crippen molar-refractivity contribution in [2.24, 2.45) is 11.7 Å². The molecule has 1 heterocycles. The van der Waals surface area contributed by atoms with Crippen molar-refractivity contribution in [3.63, 3.8) is 0 Å². The molecule has 4 heteroatoms. The van der Waals surface area contributed by atoms with Gasteiger partial charge in [-0.05, 0) is 24.8 Å². The molecule has 1 aromatic rings. The van der Waals surface area contributed by atoms with Gasteiger partial charge in [0.15, 0.2) is 0 Å². The fourth-order valence-corrected chi connectivity index (χ4v) is 1.15. The van der Waals surface area contributed by atoms with Crippen LogP contribution in [-0.2, 0) is 0 Å². The van der Waals surface area contributed by atoms with Gasteiger partial charge in [-0.1, -0.05) is 0 Å². The highest BCUT2D eigenvalue weighted by Gasteiger charge is 2.21. The molecule has 3 N–H and O–H groups in total. The predicted octanol–water partition coefficient (Wildman–Crippen LogP) is 1.15. The Morgan fingerprint density at radius 1 is 1.64 bits per heavy atom. The van der Waals surface area contributed by atoms with E-state index >= 15 is 0 Å². The van der Waals surface area contributed by atoms with Gasteiger partial charge < -0.3 is 10.5 Å². The zero-order valence-electron chi connectivity index (χ0n) is 7.86. The Morgan fingerprint density at radius 3 is 3.07 bits per heavy atom. The van der Waals surface area contributed by atoms with Crippen LogP contribution in [0.1, 0.15) is 18.5 Å². The van der Waals surface area contributed by atoms with E-state index < -0.39 is 0 Å². The number of hydrogen-bond donors (Lipinski definition) is 2. The highest BCUT2D eigenvalue weighted by Crippen LogP contribution is 2.29. The van der Waals surface area contributed by atoms with Gasteiger partial charge in [-0.15, -0.1) is 0 Å². The lowest BCUT2D eigenvalue weighted by Gasteiger charge is -2.05. The summed E-state index contributed by atoms with van der Waals surface area (Å²) >= 11 is 0. The average molecular weight is 191 g/mol. The van der Waals surface area contributed by atoms with Crippen molar-refractivity contribution >= 4 is 5.84 Å². The summed E-state index contributed by atoms with van der Waals surface area (Å²) in [6, 6.07) is 3.49. The molecule has 1 aromatic heterocycles. The number of nitrogens with two attached hydrogens (primary N) is 1. The number of aromatic nitrogens is 1. The number of amidine groups is 1. The van der Waals surface area contributed by atoms with Crippen LogP contribution in [0.25, 0.3) is 0 Å². The molecule has 1 aliphatic carbocycles. The van der Waals surface area contributed by atoms with Gasteiger partial charge in [0.25, 0.3) is 0 Å². The van der Waals surface area contributed by atoms with Crippen molar-refractivity contribution in [3.8, 4) is 5.75 Å². The number of pyridine rings is 1. The number of hydrogen-bond acceptors (Lipinski definition) is 3. The quantitative estimate of drug-likeness (QED) is 0.554. The summed E-state index contributed by atoms with van der Waals surface area (Å²) in [4.78, 5) is 3.95. The molecule has 0 unspecified atom stereocenters. The first-order valence-electron chi connectivity index (χ1n) is 4.69. The molecule has 0 saturated heterocycles. The van der Waals surface area contributed by atoms with E-state index in [9.17, 15) is 0 Å². The topological polar surface area (TPSA) is 72.0 Å². The molecule has 1 fully saturated rings. The third-order valence-electron chi connectivity index (χ3n) is 2.19. The Balaban J connectivity index is 2.01. The SMILES string of the molecule is N=C(N)c1cc(OCC2CC2)ccn1. The van der Waals surface area contributed by atoms with Crippen LogP contribution in [-0.4, -0.2) is 17.4 Å². The molecule has 0 aliphatic heterocycles. The highest BCUT2D eigenvalue weighted by atomic mass is 16.5. The normalized spacial score (nSPS) is 15.1. The van der Waals surface area contributed by atoms with E-state index in [0.717, 1.165) is 18.3 Å². The van der Waals surface area contributed by atoms with Crippen LogP contribution in [0.15, 0.2) is 18.3 Å². The number of ether oxygens (including phenoxy) is 1. The molecule has 0 amide bonds.